The quantitative estimate of drug-likeness (QED) is 0.848. The Labute approximate surface area is 159 Å². The third-order valence-electron chi connectivity index (χ3n) is 4.50. The number of urea groups is 1. The van der Waals surface area contributed by atoms with Gasteiger partial charge in [0.1, 0.15) is 6.61 Å². The van der Waals surface area contributed by atoms with Crippen LogP contribution in [0, 0.1) is 0 Å². The number of anilines is 3. The van der Waals surface area contributed by atoms with E-state index in [1.807, 2.05) is 50.2 Å². The van der Waals surface area contributed by atoms with E-state index in [2.05, 4.69) is 16.7 Å². The van der Waals surface area contributed by atoms with E-state index in [-0.39, 0.29) is 18.5 Å². The normalized spacial score (nSPS) is 12.6. The molecule has 6 heteroatoms. The van der Waals surface area contributed by atoms with Gasteiger partial charge in [-0.1, -0.05) is 24.3 Å². The van der Waals surface area contributed by atoms with Gasteiger partial charge in [0.05, 0.1) is 11.4 Å². The van der Waals surface area contributed by atoms with Crippen molar-refractivity contribution in [3.8, 4) is 0 Å². The highest BCUT2D eigenvalue weighted by molar-refractivity contribution is 6.04. The fourth-order valence-corrected chi connectivity index (χ4v) is 3.26. The zero-order chi connectivity index (χ0) is 19.2. The monoisotopic (exact) mass is 367 g/mol. The SMILES string of the molecule is CCNC(=O)Nc1ccc2c(c1)N(C(=O)COCC)c1ccccc1CC2. The standard InChI is InChI=1S/C21H25N3O3/c1-3-22-21(26)23-17-12-11-16-10-9-15-7-5-6-8-18(15)24(19(16)13-17)20(25)14-27-4-2/h5-8,11-13H,3-4,9-10,14H2,1-2H3,(H2,22,23,26). The molecule has 0 unspecified atom stereocenters. The van der Waals surface area contributed by atoms with Crippen molar-refractivity contribution in [1.82, 2.24) is 5.32 Å². The molecule has 0 bridgehead atoms. The van der Waals surface area contributed by atoms with E-state index in [1.54, 1.807) is 4.90 Å². The number of nitrogens with one attached hydrogen (secondary N) is 2. The van der Waals surface area contributed by atoms with E-state index >= 15 is 0 Å². The average molecular weight is 367 g/mol. The summed E-state index contributed by atoms with van der Waals surface area (Å²) in [6, 6.07) is 13.4. The number of aryl methyl sites for hydroxylation is 2. The van der Waals surface area contributed by atoms with Crippen molar-refractivity contribution in [2.24, 2.45) is 0 Å². The first-order chi connectivity index (χ1) is 13.1. The molecule has 0 aromatic heterocycles. The van der Waals surface area contributed by atoms with Crippen LogP contribution in [0.5, 0.6) is 0 Å². The van der Waals surface area contributed by atoms with Gasteiger partial charge in [0.2, 0.25) is 0 Å². The molecule has 1 aliphatic heterocycles. The molecule has 3 rings (SSSR count). The van der Waals surface area contributed by atoms with Gasteiger partial charge in [-0.2, -0.15) is 0 Å². The molecular formula is C21H25N3O3. The minimum Gasteiger partial charge on any atom is -0.372 e. The summed E-state index contributed by atoms with van der Waals surface area (Å²) in [5, 5.41) is 5.53. The first kappa shape index (κ1) is 18.9. The van der Waals surface area contributed by atoms with Crippen molar-refractivity contribution < 1.29 is 14.3 Å². The molecule has 3 amide bonds. The molecule has 142 valence electrons. The molecule has 0 atom stereocenters. The van der Waals surface area contributed by atoms with Gasteiger partial charge < -0.3 is 15.4 Å². The lowest BCUT2D eigenvalue weighted by Gasteiger charge is -2.25. The Morgan fingerprint density at radius 2 is 1.78 bits per heavy atom. The molecule has 6 nitrogen and oxygen atoms in total. The molecule has 1 heterocycles. The summed E-state index contributed by atoms with van der Waals surface area (Å²) in [4.78, 5) is 26.6. The van der Waals surface area contributed by atoms with E-state index in [0.717, 1.165) is 35.3 Å². The van der Waals surface area contributed by atoms with Crippen molar-refractivity contribution in [3.05, 3.63) is 53.6 Å². The second-order valence-electron chi connectivity index (χ2n) is 6.32. The van der Waals surface area contributed by atoms with Gasteiger partial charge in [0.15, 0.2) is 0 Å². The number of fused-ring (bicyclic) bond motifs is 2. The second-order valence-corrected chi connectivity index (χ2v) is 6.32. The fourth-order valence-electron chi connectivity index (χ4n) is 3.26. The number of rotatable bonds is 5. The van der Waals surface area contributed by atoms with Crippen LogP contribution in [0.3, 0.4) is 0 Å². The Balaban J connectivity index is 2.02. The van der Waals surface area contributed by atoms with Gasteiger partial charge in [-0.05, 0) is 56.0 Å². The van der Waals surface area contributed by atoms with Crippen molar-refractivity contribution in [2.45, 2.75) is 26.7 Å². The Kier molecular flexibility index (Phi) is 6.08. The molecule has 27 heavy (non-hydrogen) atoms. The summed E-state index contributed by atoms with van der Waals surface area (Å²) >= 11 is 0. The third kappa shape index (κ3) is 4.28. The van der Waals surface area contributed by atoms with Crippen LogP contribution in [0.25, 0.3) is 0 Å². The summed E-state index contributed by atoms with van der Waals surface area (Å²) in [6.07, 6.45) is 1.68. The Morgan fingerprint density at radius 3 is 2.52 bits per heavy atom. The zero-order valence-electron chi connectivity index (χ0n) is 15.7. The van der Waals surface area contributed by atoms with E-state index < -0.39 is 0 Å². The number of benzene rings is 2. The summed E-state index contributed by atoms with van der Waals surface area (Å²) in [5.74, 6) is -0.123. The van der Waals surface area contributed by atoms with Crippen LogP contribution in [0.2, 0.25) is 0 Å². The molecule has 0 saturated carbocycles. The topological polar surface area (TPSA) is 70.7 Å². The number of hydrogen-bond acceptors (Lipinski definition) is 3. The van der Waals surface area contributed by atoms with Crippen LogP contribution in [0.4, 0.5) is 21.9 Å². The molecule has 0 radical (unpaired) electrons. The number of hydrogen-bond donors (Lipinski definition) is 2. The number of carbonyl (C=O) groups excluding carboxylic acids is 2. The Morgan fingerprint density at radius 1 is 1.04 bits per heavy atom. The lowest BCUT2D eigenvalue weighted by molar-refractivity contribution is -0.122. The maximum absolute atomic E-state index is 13.0. The van der Waals surface area contributed by atoms with Crippen molar-refractivity contribution >= 4 is 29.0 Å². The summed E-state index contributed by atoms with van der Waals surface area (Å²) in [7, 11) is 0. The highest BCUT2D eigenvalue weighted by Crippen LogP contribution is 2.37. The molecule has 0 spiro atoms. The maximum atomic E-state index is 13.0. The first-order valence-corrected chi connectivity index (χ1v) is 9.30. The van der Waals surface area contributed by atoms with Gasteiger partial charge in [0, 0.05) is 18.8 Å². The largest absolute Gasteiger partial charge is 0.372 e. The highest BCUT2D eigenvalue weighted by Gasteiger charge is 2.26. The predicted molar refractivity (Wildman–Crippen MR) is 107 cm³/mol. The van der Waals surface area contributed by atoms with Crippen LogP contribution >= 0.6 is 0 Å². The Bertz CT molecular complexity index is 835. The molecule has 2 aromatic carbocycles. The average Bonchev–Trinajstić information content (AvgIpc) is 2.83. The molecule has 2 aromatic rings. The van der Waals surface area contributed by atoms with Gasteiger partial charge in [-0.3, -0.25) is 9.69 Å². The van der Waals surface area contributed by atoms with Crippen LogP contribution in [-0.2, 0) is 22.4 Å². The van der Waals surface area contributed by atoms with Gasteiger partial charge in [-0.15, -0.1) is 0 Å². The van der Waals surface area contributed by atoms with E-state index in [0.29, 0.717) is 18.8 Å². The van der Waals surface area contributed by atoms with Crippen molar-refractivity contribution in [2.75, 3.05) is 30.0 Å². The van der Waals surface area contributed by atoms with Gasteiger partial charge in [-0.25, -0.2) is 4.79 Å². The fraction of sp³-hybridized carbons (Fsp3) is 0.333. The van der Waals surface area contributed by atoms with Crippen LogP contribution < -0.4 is 15.5 Å². The van der Waals surface area contributed by atoms with Crippen molar-refractivity contribution in [3.63, 3.8) is 0 Å². The van der Waals surface area contributed by atoms with Crippen LogP contribution in [-0.4, -0.2) is 31.7 Å². The minimum atomic E-state index is -0.265. The molecular weight excluding hydrogens is 342 g/mol. The minimum absolute atomic E-state index is 0.0122. The van der Waals surface area contributed by atoms with E-state index in [9.17, 15) is 9.59 Å². The first-order valence-electron chi connectivity index (χ1n) is 9.30. The van der Waals surface area contributed by atoms with Crippen LogP contribution in [0.1, 0.15) is 25.0 Å². The number of nitrogens with zero attached hydrogens (tertiary/aromatic N) is 1. The highest BCUT2D eigenvalue weighted by atomic mass is 16.5. The molecule has 0 saturated heterocycles. The number of ether oxygens (including phenoxy) is 1. The summed E-state index contributed by atoms with van der Waals surface area (Å²) < 4.78 is 5.38. The molecule has 1 aliphatic rings. The summed E-state index contributed by atoms with van der Waals surface area (Å²) in [5.41, 5.74) is 4.50. The van der Waals surface area contributed by atoms with E-state index in [1.165, 1.54) is 0 Å². The molecule has 0 fully saturated rings. The third-order valence-corrected chi connectivity index (χ3v) is 4.50. The Hall–Kier alpha value is -2.86. The predicted octanol–water partition coefficient (Wildman–Crippen LogP) is 3.63. The van der Waals surface area contributed by atoms with Gasteiger partial charge >= 0.3 is 6.03 Å². The molecule has 0 aliphatic carbocycles. The zero-order valence-corrected chi connectivity index (χ0v) is 15.7. The maximum Gasteiger partial charge on any atom is 0.319 e. The smallest absolute Gasteiger partial charge is 0.319 e. The van der Waals surface area contributed by atoms with Crippen LogP contribution in [0.15, 0.2) is 42.5 Å². The number of amides is 3. The van der Waals surface area contributed by atoms with Crippen molar-refractivity contribution in [1.29, 1.82) is 0 Å². The van der Waals surface area contributed by atoms with Gasteiger partial charge in [0.25, 0.3) is 5.91 Å². The second kappa shape index (κ2) is 8.68. The number of para-hydroxylation sites is 1. The molecule has 2 N–H and O–H groups in total. The summed E-state index contributed by atoms with van der Waals surface area (Å²) in [6.45, 7) is 4.77. The number of carbonyl (C=O) groups is 2. The lowest BCUT2D eigenvalue weighted by Crippen LogP contribution is -2.31. The van der Waals surface area contributed by atoms with E-state index in [4.69, 9.17) is 4.74 Å². The lowest BCUT2D eigenvalue weighted by atomic mass is 10.0.